The number of aryl methyl sites for hydroxylation is 1. The Balaban J connectivity index is 1.51. The largest absolute Gasteiger partial charge is 0.481 e. The molecular formula is C19H25N3O. The summed E-state index contributed by atoms with van der Waals surface area (Å²) >= 11 is 0. The van der Waals surface area contributed by atoms with Gasteiger partial charge in [-0.15, -0.1) is 0 Å². The van der Waals surface area contributed by atoms with Crippen LogP contribution in [-0.2, 0) is 13.1 Å². The van der Waals surface area contributed by atoms with Gasteiger partial charge in [0, 0.05) is 45.3 Å². The lowest BCUT2D eigenvalue weighted by molar-refractivity contribution is 0.120. The summed E-state index contributed by atoms with van der Waals surface area (Å²) in [5, 5.41) is 0. The first-order chi connectivity index (χ1) is 11.2. The molecule has 0 atom stereocenters. The highest BCUT2D eigenvalue weighted by atomic mass is 16.5. The van der Waals surface area contributed by atoms with Gasteiger partial charge in [-0.1, -0.05) is 30.3 Å². The molecule has 0 radical (unpaired) electrons. The zero-order valence-electron chi connectivity index (χ0n) is 14.0. The van der Waals surface area contributed by atoms with E-state index in [9.17, 15) is 0 Å². The highest BCUT2D eigenvalue weighted by molar-refractivity contribution is 5.25. The predicted molar refractivity (Wildman–Crippen MR) is 92.5 cm³/mol. The van der Waals surface area contributed by atoms with Crippen molar-refractivity contribution in [3.63, 3.8) is 0 Å². The number of aromatic nitrogens is 1. The Kier molecular flexibility index (Phi) is 5.26. The first kappa shape index (κ1) is 16.0. The highest BCUT2D eigenvalue weighted by Crippen LogP contribution is 2.14. The van der Waals surface area contributed by atoms with Gasteiger partial charge in [0.05, 0.1) is 12.8 Å². The van der Waals surface area contributed by atoms with Gasteiger partial charge in [-0.3, -0.25) is 9.80 Å². The number of piperazine rings is 1. The Morgan fingerprint density at radius 2 is 1.61 bits per heavy atom. The molecule has 0 amide bonds. The van der Waals surface area contributed by atoms with E-state index in [1.54, 1.807) is 7.11 Å². The normalized spacial score (nSPS) is 16.4. The molecule has 1 aliphatic heterocycles. The van der Waals surface area contributed by atoms with E-state index in [1.807, 2.05) is 12.1 Å². The number of nitrogens with zero attached hydrogens (tertiary/aromatic N) is 3. The molecule has 4 nitrogen and oxygen atoms in total. The molecule has 1 fully saturated rings. The van der Waals surface area contributed by atoms with Crippen LogP contribution in [0.25, 0.3) is 0 Å². The van der Waals surface area contributed by atoms with Crippen LogP contribution in [0.1, 0.15) is 16.8 Å². The van der Waals surface area contributed by atoms with Crippen LogP contribution in [0, 0.1) is 6.92 Å². The zero-order chi connectivity index (χ0) is 16.1. The molecule has 0 unspecified atom stereocenters. The maximum absolute atomic E-state index is 5.20. The molecule has 1 aliphatic rings. The number of hydrogen-bond acceptors (Lipinski definition) is 4. The molecule has 0 saturated carbocycles. The first-order valence-electron chi connectivity index (χ1n) is 8.24. The highest BCUT2D eigenvalue weighted by Gasteiger charge is 2.18. The van der Waals surface area contributed by atoms with Crippen LogP contribution < -0.4 is 4.74 Å². The molecular weight excluding hydrogens is 286 g/mol. The van der Waals surface area contributed by atoms with Crippen molar-refractivity contribution in [2.45, 2.75) is 20.0 Å². The number of benzene rings is 1. The summed E-state index contributed by atoms with van der Waals surface area (Å²) in [6.45, 7) is 8.54. The van der Waals surface area contributed by atoms with Crippen LogP contribution in [0.15, 0.2) is 42.5 Å². The number of methoxy groups -OCH3 is 1. The summed E-state index contributed by atoms with van der Waals surface area (Å²) in [6, 6.07) is 14.6. The van der Waals surface area contributed by atoms with Gasteiger partial charge in [0.15, 0.2) is 0 Å². The molecule has 122 valence electrons. The van der Waals surface area contributed by atoms with Gasteiger partial charge >= 0.3 is 0 Å². The molecule has 0 aliphatic carbocycles. The number of rotatable bonds is 5. The third kappa shape index (κ3) is 4.30. The van der Waals surface area contributed by atoms with Crippen LogP contribution >= 0.6 is 0 Å². The van der Waals surface area contributed by atoms with E-state index in [-0.39, 0.29) is 0 Å². The molecule has 0 spiro atoms. The third-order valence-electron chi connectivity index (χ3n) is 4.50. The van der Waals surface area contributed by atoms with Crippen molar-refractivity contribution in [1.82, 2.24) is 14.8 Å². The Hall–Kier alpha value is -1.91. The molecule has 4 heteroatoms. The van der Waals surface area contributed by atoms with E-state index in [1.165, 1.54) is 11.1 Å². The minimum atomic E-state index is 0.695. The summed E-state index contributed by atoms with van der Waals surface area (Å²) in [4.78, 5) is 9.51. The minimum absolute atomic E-state index is 0.695. The average Bonchev–Trinajstić information content (AvgIpc) is 2.59. The van der Waals surface area contributed by atoms with Crippen LogP contribution in [0.4, 0.5) is 0 Å². The molecule has 0 bridgehead atoms. The van der Waals surface area contributed by atoms with Crippen LogP contribution in [0.3, 0.4) is 0 Å². The monoisotopic (exact) mass is 311 g/mol. The van der Waals surface area contributed by atoms with Crippen molar-refractivity contribution in [3.05, 3.63) is 59.3 Å². The van der Waals surface area contributed by atoms with E-state index in [2.05, 4.69) is 52.0 Å². The standard InChI is InChI=1S/C19H25N3O/c1-16-6-3-4-7-17(16)14-21-10-12-22(13-11-21)15-18-8-5-9-19(20-18)23-2/h3-9H,10-15H2,1-2H3. The van der Waals surface area contributed by atoms with Crippen molar-refractivity contribution in [2.24, 2.45) is 0 Å². The summed E-state index contributed by atoms with van der Waals surface area (Å²) in [6.07, 6.45) is 0. The molecule has 23 heavy (non-hydrogen) atoms. The average molecular weight is 311 g/mol. The summed E-state index contributed by atoms with van der Waals surface area (Å²) in [5.41, 5.74) is 3.91. The lowest BCUT2D eigenvalue weighted by atomic mass is 10.1. The van der Waals surface area contributed by atoms with E-state index in [0.717, 1.165) is 45.0 Å². The molecule has 1 saturated heterocycles. The van der Waals surface area contributed by atoms with E-state index < -0.39 is 0 Å². The molecule has 2 heterocycles. The quantitative estimate of drug-likeness (QED) is 0.849. The zero-order valence-corrected chi connectivity index (χ0v) is 14.0. The van der Waals surface area contributed by atoms with Gasteiger partial charge in [0.25, 0.3) is 0 Å². The van der Waals surface area contributed by atoms with Gasteiger partial charge in [0.2, 0.25) is 5.88 Å². The van der Waals surface area contributed by atoms with Gasteiger partial charge in [-0.2, -0.15) is 0 Å². The second-order valence-corrected chi connectivity index (χ2v) is 6.15. The third-order valence-corrected chi connectivity index (χ3v) is 4.50. The maximum atomic E-state index is 5.20. The second-order valence-electron chi connectivity index (χ2n) is 6.15. The summed E-state index contributed by atoms with van der Waals surface area (Å²) in [5.74, 6) is 0.695. The fourth-order valence-corrected chi connectivity index (χ4v) is 3.02. The summed E-state index contributed by atoms with van der Waals surface area (Å²) in [7, 11) is 1.66. The van der Waals surface area contributed by atoms with Gasteiger partial charge in [0.1, 0.15) is 0 Å². The van der Waals surface area contributed by atoms with Gasteiger partial charge < -0.3 is 4.74 Å². The SMILES string of the molecule is COc1cccc(CN2CCN(Cc3ccccc3C)CC2)n1. The van der Waals surface area contributed by atoms with E-state index >= 15 is 0 Å². The topological polar surface area (TPSA) is 28.6 Å². The van der Waals surface area contributed by atoms with E-state index in [0.29, 0.717) is 5.88 Å². The maximum Gasteiger partial charge on any atom is 0.213 e. The number of pyridine rings is 1. The molecule has 1 aromatic carbocycles. The van der Waals surface area contributed by atoms with Crippen molar-refractivity contribution in [3.8, 4) is 5.88 Å². The van der Waals surface area contributed by atoms with Crippen LogP contribution in [0.5, 0.6) is 5.88 Å². The van der Waals surface area contributed by atoms with Crippen molar-refractivity contribution in [2.75, 3.05) is 33.3 Å². The van der Waals surface area contributed by atoms with Crippen LogP contribution in [0.2, 0.25) is 0 Å². The molecule has 2 aromatic rings. The first-order valence-corrected chi connectivity index (χ1v) is 8.24. The number of hydrogen-bond donors (Lipinski definition) is 0. The smallest absolute Gasteiger partial charge is 0.213 e. The number of ether oxygens (including phenoxy) is 1. The Morgan fingerprint density at radius 3 is 2.30 bits per heavy atom. The Labute approximate surface area is 138 Å². The second kappa shape index (κ2) is 7.57. The lowest BCUT2D eigenvalue weighted by Crippen LogP contribution is -2.45. The van der Waals surface area contributed by atoms with Crippen LogP contribution in [-0.4, -0.2) is 48.1 Å². The van der Waals surface area contributed by atoms with Gasteiger partial charge in [-0.05, 0) is 24.1 Å². The summed E-state index contributed by atoms with van der Waals surface area (Å²) < 4.78 is 5.20. The molecule has 1 aromatic heterocycles. The van der Waals surface area contributed by atoms with E-state index in [4.69, 9.17) is 4.74 Å². The van der Waals surface area contributed by atoms with Crippen molar-refractivity contribution >= 4 is 0 Å². The fourth-order valence-electron chi connectivity index (χ4n) is 3.02. The lowest BCUT2D eigenvalue weighted by Gasteiger charge is -2.34. The molecule has 3 rings (SSSR count). The fraction of sp³-hybridized carbons (Fsp3) is 0.421. The predicted octanol–water partition coefficient (Wildman–Crippen LogP) is 2.72. The Morgan fingerprint density at radius 1 is 0.913 bits per heavy atom. The van der Waals surface area contributed by atoms with Gasteiger partial charge in [-0.25, -0.2) is 4.98 Å². The minimum Gasteiger partial charge on any atom is -0.481 e. The molecule has 0 N–H and O–H groups in total. The Bertz CT molecular complexity index is 636. The van der Waals surface area contributed by atoms with Crippen molar-refractivity contribution < 1.29 is 4.74 Å². The van der Waals surface area contributed by atoms with Crippen molar-refractivity contribution in [1.29, 1.82) is 0 Å².